The minimum atomic E-state index is -0.497. The zero-order chi connectivity index (χ0) is 16.3. The molecule has 0 bridgehead atoms. The van der Waals surface area contributed by atoms with Gasteiger partial charge in [-0.3, -0.25) is 0 Å². The summed E-state index contributed by atoms with van der Waals surface area (Å²) in [7, 11) is 0. The third-order valence-electron chi connectivity index (χ3n) is 2.92. The standard InChI is InChI=1S/C14H20ClN3O3S/c1-14(2,3)21-13(19)18-6-5-9(8-18)20-11-7-10(15)16-12(17-11)22-4/h7,9H,5-6,8H2,1-4H3/t9-/m0/s1. The first-order chi connectivity index (χ1) is 10.3. The molecule has 0 aromatic carbocycles. The Labute approximate surface area is 139 Å². The Morgan fingerprint density at radius 3 is 2.82 bits per heavy atom. The molecule has 0 aliphatic carbocycles. The Kier molecular flexibility index (Phi) is 5.39. The van der Waals surface area contributed by atoms with Crippen LogP contribution in [-0.2, 0) is 4.74 Å². The number of nitrogens with zero attached hydrogens (tertiary/aromatic N) is 3. The molecule has 2 heterocycles. The summed E-state index contributed by atoms with van der Waals surface area (Å²) in [4.78, 5) is 22.0. The van der Waals surface area contributed by atoms with Gasteiger partial charge in [-0.05, 0) is 27.0 Å². The minimum Gasteiger partial charge on any atom is -0.472 e. The molecule has 0 radical (unpaired) electrons. The van der Waals surface area contributed by atoms with Crippen molar-refractivity contribution < 1.29 is 14.3 Å². The van der Waals surface area contributed by atoms with Gasteiger partial charge in [-0.1, -0.05) is 23.4 Å². The van der Waals surface area contributed by atoms with Gasteiger partial charge in [0.2, 0.25) is 5.88 Å². The van der Waals surface area contributed by atoms with Gasteiger partial charge in [0.1, 0.15) is 16.9 Å². The van der Waals surface area contributed by atoms with Crippen LogP contribution in [0, 0.1) is 0 Å². The van der Waals surface area contributed by atoms with E-state index in [0.717, 1.165) is 6.42 Å². The highest BCUT2D eigenvalue weighted by Crippen LogP contribution is 2.23. The molecule has 122 valence electrons. The topological polar surface area (TPSA) is 64.5 Å². The second-order valence-corrected chi connectivity index (χ2v) is 7.13. The minimum absolute atomic E-state index is 0.117. The van der Waals surface area contributed by atoms with E-state index in [1.54, 1.807) is 11.0 Å². The molecule has 6 nitrogen and oxygen atoms in total. The van der Waals surface area contributed by atoms with Gasteiger partial charge < -0.3 is 14.4 Å². The number of carbonyl (C=O) groups excluding carboxylic acids is 1. The van der Waals surface area contributed by atoms with Gasteiger partial charge in [-0.2, -0.15) is 4.98 Å². The Morgan fingerprint density at radius 1 is 1.45 bits per heavy atom. The molecule has 0 saturated carbocycles. The quantitative estimate of drug-likeness (QED) is 0.476. The Balaban J connectivity index is 1.94. The predicted octanol–water partition coefficient (Wildman–Crippen LogP) is 3.24. The number of ether oxygens (including phenoxy) is 2. The average molecular weight is 346 g/mol. The van der Waals surface area contributed by atoms with Crippen LogP contribution in [0.2, 0.25) is 5.15 Å². The SMILES string of the molecule is CSc1nc(Cl)cc(O[C@H]2CCN(C(=O)OC(C)(C)C)C2)n1. The van der Waals surface area contributed by atoms with Gasteiger partial charge >= 0.3 is 6.09 Å². The van der Waals surface area contributed by atoms with Crippen molar-refractivity contribution in [2.75, 3.05) is 19.3 Å². The normalized spacial score (nSPS) is 18.4. The average Bonchev–Trinajstić information content (AvgIpc) is 2.84. The summed E-state index contributed by atoms with van der Waals surface area (Å²) in [5, 5.41) is 0.904. The Hall–Kier alpha value is -1.21. The maximum absolute atomic E-state index is 12.0. The third kappa shape index (κ3) is 4.91. The number of rotatable bonds is 3. The van der Waals surface area contributed by atoms with E-state index >= 15 is 0 Å². The van der Waals surface area contributed by atoms with Crippen molar-refractivity contribution >= 4 is 29.5 Å². The largest absolute Gasteiger partial charge is 0.472 e. The lowest BCUT2D eigenvalue weighted by Gasteiger charge is -2.24. The smallest absolute Gasteiger partial charge is 0.410 e. The molecule has 8 heteroatoms. The molecule has 1 saturated heterocycles. The van der Waals surface area contributed by atoms with Crippen molar-refractivity contribution in [1.82, 2.24) is 14.9 Å². The fourth-order valence-corrected chi connectivity index (χ4v) is 2.61. The summed E-state index contributed by atoms with van der Waals surface area (Å²) >= 11 is 7.33. The summed E-state index contributed by atoms with van der Waals surface area (Å²) in [6.07, 6.45) is 2.17. The second kappa shape index (κ2) is 6.91. The second-order valence-electron chi connectivity index (χ2n) is 5.97. The molecular weight excluding hydrogens is 326 g/mol. The highest BCUT2D eigenvalue weighted by atomic mass is 35.5. The fourth-order valence-electron chi connectivity index (χ4n) is 2.02. The summed E-state index contributed by atoms with van der Waals surface area (Å²) in [6.45, 7) is 6.63. The molecule has 1 atom stereocenters. The molecule has 1 aliphatic rings. The van der Waals surface area contributed by atoms with Crippen LogP contribution in [-0.4, -0.2) is 52.0 Å². The van der Waals surface area contributed by atoms with Gasteiger partial charge in [0.15, 0.2) is 5.16 Å². The number of amides is 1. The van der Waals surface area contributed by atoms with Crippen molar-refractivity contribution in [1.29, 1.82) is 0 Å². The Bertz CT molecular complexity index is 551. The summed E-state index contributed by atoms with van der Waals surface area (Å²) < 4.78 is 11.2. The monoisotopic (exact) mass is 345 g/mol. The van der Waals surface area contributed by atoms with E-state index in [-0.39, 0.29) is 12.2 Å². The van der Waals surface area contributed by atoms with E-state index in [1.807, 2.05) is 27.0 Å². The van der Waals surface area contributed by atoms with Gasteiger partial charge in [0.25, 0.3) is 0 Å². The van der Waals surface area contributed by atoms with Gasteiger partial charge in [0.05, 0.1) is 6.54 Å². The van der Waals surface area contributed by atoms with Crippen molar-refractivity contribution in [2.24, 2.45) is 0 Å². The van der Waals surface area contributed by atoms with Crippen LogP contribution in [0.5, 0.6) is 5.88 Å². The lowest BCUT2D eigenvalue weighted by atomic mass is 10.2. The van der Waals surface area contributed by atoms with E-state index in [2.05, 4.69) is 9.97 Å². The van der Waals surface area contributed by atoms with Crippen molar-refractivity contribution in [3.63, 3.8) is 0 Å². The number of aromatic nitrogens is 2. The zero-order valence-electron chi connectivity index (χ0n) is 13.1. The first-order valence-electron chi connectivity index (χ1n) is 7.00. The summed E-state index contributed by atoms with van der Waals surface area (Å²) in [6, 6.07) is 1.58. The number of hydrogen-bond acceptors (Lipinski definition) is 6. The van der Waals surface area contributed by atoms with Crippen LogP contribution in [0.3, 0.4) is 0 Å². The first-order valence-corrected chi connectivity index (χ1v) is 8.60. The Morgan fingerprint density at radius 2 is 2.18 bits per heavy atom. The van der Waals surface area contributed by atoms with Crippen LogP contribution in [0.25, 0.3) is 0 Å². The number of hydrogen-bond donors (Lipinski definition) is 0. The first kappa shape index (κ1) is 17.1. The number of likely N-dealkylation sites (tertiary alicyclic amines) is 1. The molecule has 1 fully saturated rings. The van der Waals surface area contributed by atoms with Gasteiger partial charge in [0, 0.05) is 19.0 Å². The molecule has 0 unspecified atom stereocenters. The molecule has 2 rings (SSSR count). The molecular formula is C14H20ClN3O3S. The molecule has 1 aromatic rings. The third-order valence-corrected chi connectivity index (χ3v) is 3.66. The molecule has 1 aromatic heterocycles. The van der Waals surface area contributed by atoms with E-state index in [0.29, 0.717) is 29.3 Å². The van der Waals surface area contributed by atoms with Gasteiger partial charge in [-0.15, -0.1) is 0 Å². The van der Waals surface area contributed by atoms with Crippen molar-refractivity contribution in [3.05, 3.63) is 11.2 Å². The van der Waals surface area contributed by atoms with E-state index in [1.165, 1.54) is 11.8 Å². The van der Waals surface area contributed by atoms with Crippen LogP contribution in [0.4, 0.5) is 4.79 Å². The maximum atomic E-state index is 12.0. The highest BCUT2D eigenvalue weighted by molar-refractivity contribution is 7.98. The fraction of sp³-hybridized carbons (Fsp3) is 0.643. The maximum Gasteiger partial charge on any atom is 0.410 e. The van der Waals surface area contributed by atoms with Crippen LogP contribution >= 0.6 is 23.4 Å². The van der Waals surface area contributed by atoms with Crippen molar-refractivity contribution in [2.45, 2.75) is 44.1 Å². The van der Waals surface area contributed by atoms with Gasteiger partial charge in [-0.25, -0.2) is 9.78 Å². The highest BCUT2D eigenvalue weighted by Gasteiger charge is 2.31. The van der Waals surface area contributed by atoms with Crippen LogP contribution in [0.1, 0.15) is 27.2 Å². The van der Waals surface area contributed by atoms with E-state index in [4.69, 9.17) is 21.1 Å². The lowest BCUT2D eigenvalue weighted by molar-refractivity contribution is 0.0274. The van der Waals surface area contributed by atoms with E-state index < -0.39 is 5.60 Å². The predicted molar refractivity (Wildman–Crippen MR) is 85.7 cm³/mol. The molecule has 1 amide bonds. The van der Waals surface area contributed by atoms with Crippen LogP contribution < -0.4 is 4.74 Å². The number of halogens is 1. The zero-order valence-corrected chi connectivity index (χ0v) is 14.7. The number of thioether (sulfide) groups is 1. The number of carbonyl (C=O) groups is 1. The summed E-state index contributed by atoms with van der Waals surface area (Å²) in [5.74, 6) is 0.431. The van der Waals surface area contributed by atoms with Crippen LogP contribution in [0.15, 0.2) is 11.2 Å². The molecule has 1 aliphatic heterocycles. The molecule has 0 N–H and O–H groups in total. The summed E-state index contributed by atoms with van der Waals surface area (Å²) in [5.41, 5.74) is -0.497. The van der Waals surface area contributed by atoms with Crippen molar-refractivity contribution in [3.8, 4) is 5.88 Å². The van der Waals surface area contributed by atoms with E-state index in [9.17, 15) is 4.79 Å². The molecule has 0 spiro atoms. The molecule has 22 heavy (non-hydrogen) atoms. The lowest BCUT2D eigenvalue weighted by Crippen LogP contribution is -2.36.